The Morgan fingerprint density at radius 1 is 1.14 bits per heavy atom. The molecule has 2 aromatic rings. The van der Waals surface area contributed by atoms with E-state index in [2.05, 4.69) is 54.7 Å². The topological polar surface area (TPSA) is 50.8 Å². The minimum Gasteiger partial charge on any atom is -0.496 e. The minimum absolute atomic E-state index is 0.0748. The molecule has 0 aliphatic carbocycles. The molecule has 1 N–H and O–H groups in total. The summed E-state index contributed by atoms with van der Waals surface area (Å²) in [5.41, 5.74) is 3.79. The van der Waals surface area contributed by atoms with E-state index in [1.165, 1.54) is 16.7 Å². The van der Waals surface area contributed by atoms with E-state index in [1.54, 1.807) is 14.2 Å². The molecule has 5 nitrogen and oxygen atoms in total. The number of methoxy groups -OCH3 is 2. The highest BCUT2D eigenvalue weighted by atomic mass is 16.5. The fraction of sp³-hybridized carbons (Fsp3) is 0.458. The summed E-state index contributed by atoms with van der Waals surface area (Å²) in [6.45, 7) is 4.69. The van der Waals surface area contributed by atoms with Crippen molar-refractivity contribution in [2.75, 3.05) is 33.9 Å². The first-order chi connectivity index (χ1) is 14.1. The van der Waals surface area contributed by atoms with Crippen molar-refractivity contribution < 1.29 is 14.3 Å². The lowest BCUT2D eigenvalue weighted by Crippen LogP contribution is -2.39. The van der Waals surface area contributed by atoms with Crippen LogP contribution in [-0.2, 0) is 16.1 Å². The van der Waals surface area contributed by atoms with Crippen molar-refractivity contribution in [3.63, 3.8) is 0 Å². The van der Waals surface area contributed by atoms with Gasteiger partial charge in [0, 0.05) is 32.8 Å². The number of benzene rings is 2. The Hall–Kier alpha value is -2.37. The Morgan fingerprint density at radius 2 is 1.86 bits per heavy atom. The molecule has 2 aromatic carbocycles. The van der Waals surface area contributed by atoms with Gasteiger partial charge in [0.1, 0.15) is 12.4 Å². The largest absolute Gasteiger partial charge is 0.496 e. The van der Waals surface area contributed by atoms with Crippen LogP contribution in [0.5, 0.6) is 5.75 Å². The molecule has 0 spiro atoms. The third-order valence-electron chi connectivity index (χ3n) is 5.76. The van der Waals surface area contributed by atoms with E-state index < -0.39 is 0 Å². The summed E-state index contributed by atoms with van der Waals surface area (Å²) < 4.78 is 10.6. The van der Waals surface area contributed by atoms with Gasteiger partial charge in [-0.2, -0.15) is 0 Å². The molecule has 0 radical (unpaired) electrons. The number of nitrogens with zero attached hydrogens (tertiary/aromatic N) is 1. The van der Waals surface area contributed by atoms with Gasteiger partial charge in [-0.05, 0) is 48.4 Å². The molecule has 1 fully saturated rings. The quantitative estimate of drug-likeness (QED) is 0.735. The van der Waals surface area contributed by atoms with Crippen LogP contribution >= 0.6 is 0 Å². The molecule has 1 saturated heterocycles. The number of rotatable bonds is 8. The maximum atomic E-state index is 12.1. The van der Waals surface area contributed by atoms with E-state index in [-0.39, 0.29) is 18.6 Å². The first kappa shape index (κ1) is 21.3. The van der Waals surface area contributed by atoms with Crippen LogP contribution in [-0.4, -0.2) is 44.7 Å². The highest BCUT2D eigenvalue weighted by Gasteiger charge is 2.25. The highest BCUT2D eigenvalue weighted by Crippen LogP contribution is 2.35. The molecular formula is C24H32N2O3. The highest BCUT2D eigenvalue weighted by molar-refractivity contribution is 5.77. The number of carbonyl (C=O) groups is 1. The van der Waals surface area contributed by atoms with Crippen LogP contribution in [0.1, 0.15) is 48.4 Å². The van der Waals surface area contributed by atoms with Gasteiger partial charge in [0.15, 0.2) is 0 Å². The van der Waals surface area contributed by atoms with Gasteiger partial charge < -0.3 is 19.7 Å². The van der Waals surface area contributed by atoms with Crippen LogP contribution in [0.25, 0.3) is 0 Å². The summed E-state index contributed by atoms with van der Waals surface area (Å²) in [6, 6.07) is 17.2. The average molecular weight is 397 g/mol. The van der Waals surface area contributed by atoms with Gasteiger partial charge in [-0.1, -0.05) is 42.5 Å². The van der Waals surface area contributed by atoms with Crippen molar-refractivity contribution >= 4 is 5.91 Å². The van der Waals surface area contributed by atoms with Gasteiger partial charge in [0.2, 0.25) is 5.91 Å². The van der Waals surface area contributed by atoms with Crippen molar-refractivity contribution in [2.45, 2.75) is 38.3 Å². The van der Waals surface area contributed by atoms with Crippen LogP contribution in [0.2, 0.25) is 0 Å². The molecule has 5 heteroatoms. The molecule has 0 bridgehead atoms. The van der Waals surface area contributed by atoms with Gasteiger partial charge >= 0.3 is 0 Å². The van der Waals surface area contributed by atoms with Gasteiger partial charge in [-0.3, -0.25) is 4.79 Å². The second-order valence-electron chi connectivity index (χ2n) is 7.68. The second-order valence-corrected chi connectivity index (χ2v) is 7.68. The number of hydrogen-bond donors (Lipinski definition) is 1. The SMILES string of the molecule is COCC(=O)N1CCC(c2cc(CNC(C)c3ccccc3)ccc2OC)CC1. The smallest absolute Gasteiger partial charge is 0.248 e. The van der Waals surface area contributed by atoms with Crippen molar-refractivity contribution in [1.82, 2.24) is 10.2 Å². The van der Waals surface area contributed by atoms with E-state index in [4.69, 9.17) is 9.47 Å². The summed E-state index contributed by atoms with van der Waals surface area (Å²) >= 11 is 0. The predicted octanol–water partition coefficient (Wildman–Crippen LogP) is 3.90. The third kappa shape index (κ3) is 5.58. The van der Waals surface area contributed by atoms with Crippen molar-refractivity contribution in [3.8, 4) is 5.75 Å². The zero-order chi connectivity index (χ0) is 20.6. The lowest BCUT2D eigenvalue weighted by atomic mass is 9.87. The second kappa shape index (κ2) is 10.4. The van der Waals surface area contributed by atoms with E-state index in [9.17, 15) is 4.79 Å². The Labute approximate surface area is 174 Å². The standard InChI is InChI=1S/C24H32N2O3/c1-18(20-7-5-4-6-8-20)25-16-19-9-10-23(29-3)22(15-19)21-11-13-26(14-12-21)24(27)17-28-2/h4-10,15,18,21,25H,11-14,16-17H2,1-3H3. The first-order valence-electron chi connectivity index (χ1n) is 10.3. The molecular weight excluding hydrogens is 364 g/mol. The zero-order valence-electron chi connectivity index (χ0n) is 17.7. The molecule has 3 rings (SSSR count). The predicted molar refractivity (Wildman–Crippen MR) is 115 cm³/mol. The van der Waals surface area contributed by atoms with Crippen molar-refractivity contribution in [1.29, 1.82) is 0 Å². The number of amides is 1. The van der Waals surface area contributed by atoms with E-state index in [0.717, 1.165) is 38.2 Å². The summed E-state index contributed by atoms with van der Waals surface area (Å²) in [6.07, 6.45) is 1.90. The number of ether oxygens (including phenoxy) is 2. The lowest BCUT2D eigenvalue weighted by molar-refractivity contribution is -0.136. The van der Waals surface area contributed by atoms with Gasteiger partial charge in [0.25, 0.3) is 0 Å². The zero-order valence-corrected chi connectivity index (χ0v) is 17.7. The van der Waals surface area contributed by atoms with Gasteiger partial charge in [-0.15, -0.1) is 0 Å². The maximum Gasteiger partial charge on any atom is 0.248 e. The summed E-state index contributed by atoms with van der Waals surface area (Å²) in [4.78, 5) is 14.0. The number of hydrogen-bond acceptors (Lipinski definition) is 4. The fourth-order valence-corrected chi connectivity index (χ4v) is 4.00. The van der Waals surface area contributed by atoms with Crippen LogP contribution < -0.4 is 10.1 Å². The summed E-state index contributed by atoms with van der Waals surface area (Å²) in [5, 5.41) is 3.61. The summed E-state index contributed by atoms with van der Waals surface area (Å²) in [7, 11) is 3.29. The van der Waals surface area contributed by atoms with E-state index in [1.807, 2.05) is 11.0 Å². The van der Waals surface area contributed by atoms with Gasteiger partial charge in [0.05, 0.1) is 7.11 Å². The number of piperidine rings is 1. The number of carbonyl (C=O) groups excluding carboxylic acids is 1. The molecule has 1 aliphatic rings. The van der Waals surface area contributed by atoms with E-state index in [0.29, 0.717) is 5.92 Å². The van der Waals surface area contributed by atoms with Crippen molar-refractivity contribution in [2.24, 2.45) is 0 Å². The normalized spacial score (nSPS) is 15.9. The monoisotopic (exact) mass is 396 g/mol. The summed E-state index contributed by atoms with van der Waals surface area (Å²) in [5.74, 6) is 1.42. The van der Waals surface area contributed by atoms with Crippen LogP contribution in [0, 0.1) is 0 Å². The first-order valence-corrected chi connectivity index (χ1v) is 10.3. The molecule has 1 unspecified atom stereocenters. The maximum absolute atomic E-state index is 12.1. The Morgan fingerprint density at radius 3 is 2.52 bits per heavy atom. The Bertz CT molecular complexity index is 786. The minimum atomic E-state index is 0.0748. The molecule has 0 saturated carbocycles. The number of likely N-dealkylation sites (tertiary alicyclic amines) is 1. The van der Waals surface area contributed by atoms with Crippen LogP contribution in [0.3, 0.4) is 0 Å². The Kier molecular flexibility index (Phi) is 7.67. The van der Waals surface area contributed by atoms with Crippen molar-refractivity contribution in [3.05, 3.63) is 65.2 Å². The van der Waals surface area contributed by atoms with Gasteiger partial charge in [-0.25, -0.2) is 0 Å². The third-order valence-corrected chi connectivity index (χ3v) is 5.76. The molecule has 1 heterocycles. The van der Waals surface area contributed by atoms with Crippen LogP contribution in [0.4, 0.5) is 0 Å². The molecule has 1 atom stereocenters. The average Bonchev–Trinajstić information content (AvgIpc) is 2.78. The molecule has 1 aliphatic heterocycles. The lowest BCUT2D eigenvalue weighted by Gasteiger charge is -2.33. The molecule has 29 heavy (non-hydrogen) atoms. The Balaban J connectivity index is 1.64. The van der Waals surface area contributed by atoms with E-state index >= 15 is 0 Å². The number of nitrogens with one attached hydrogen (secondary N) is 1. The fourth-order valence-electron chi connectivity index (χ4n) is 4.00. The van der Waals surface area contributed by atoms with Crippen LogP contribution in [0.15, 0.2) is 48.5 Å². The molecule has 156 valence electrons. The molecule has 1 amide bonds. The molecule has 0 aromatic heterocycles.